The van der Waals surface area contributed by atoms with Gasteiger partial charge in [-0.15, -0.1) is 0 Å². The molecule has 2 heteroatoms. The van der Waals surface area contributed by atoms with Gasteiger partial charge in [0.15, 0.2) is 0 Å². The van der Waals surface area contributed by atoms with E-state index < -0.39 is 0 Å². The summed E-state index contributed by atoms with van der Waals surface area (Å²) in [6, 6.07) is 10.8. The molecule has 0 aromatic heterocycles. The van der Waals surface area contributed by atoms with Crippen molar-refractivity contribution in [2.75, 3.05) is 11.9 Å². The molecule has 0 radical (unpaired) electrons. The number of anilines is 1. The third-order valence-corrected chi connectivity index (χ3v) is 3.26. The SMILES string of the molecule is CC(C)c1ccc(NCC(C)(C)CCC#N)cc1. The van der Waals surface area contributed by atoms with Crippen molar-refractivity contribution >= 4 is 5.69 Å². The van der Waals surface area contributed by atoms with Crippen LogP contribution in [0.4, 0.5) is 5.69 Å². The highest BCUT2D eigenvalue weighted by molar-refractivity contribution is 5.45. The molecule has 1 aromatic rings. The van der Waals surface area contributed by atoms with E-state index >= 15 is 0 Å². The van der Waals surface area contributed by atoms with Crippen LogP contribution < -0.4 is 5.32 Å². The summed E-state index contributed by atoms with van der Waals surface area (Å²) in [5.41, 5.74) is 2.68. The third-order valence-electron chi connectivity index (χ3n) is 3.26. The summed E-state index contributed by atoms with van der Waals surface area (Å²) in [7, 11) is 0. The fourth-order valence-corrected chi connectivity index (χ4v) is 1.81. The summed E-state index contributed by atoms with van der Waals surface area (Å²) in [6.07, 6.45) is 1.56. The van der Waals surface area contributed by atoms with Gasteiger partial charge in [0.1, 0.15) is 0 Å². The lowest BCUT2D eigenvalue weighted by atomic mass is 9.88. The van der Waals surface area contributed by atoms with E-state index in [9.17, 15) is 0 Å². The van der Waals surface area contributed by atoms with Crippen LogP contribution in [-0.2, 0) is 0 Å². The van der Waals surface area contributed by atoms with Crippen LogP contribution in [0.15, 0.2) is 24.3 Å². The molecule has 0 spiro atoms. The molecular formula is C16H24N2. The summed E-state index contributed by atoms with van der Waals surface area (Å²) in [5, 5.41) is 12.1. The van der Waals surface area contributed by atoms with Gasteiger partial charge in [-0.3, -0.25) is 0 Å². The number of nitrogens with one attached hydrogen (secondary N) is 1. The van der Waals surface area contributed by atoms with Gasteiger partial charge in [-0.25, -0.2) is 0 Å². The highest BCUT2D eigenvalue weighted by Crippen LogP contribution is 2.23. The standard InChI is InChI=1S/C16H24N2/c1-13(2)14-6-8-15(9-7-14)18-12-16(3,4)10-5-11-17/h6-9,13,18H,5,10,12H2,1-4H3. The highest BCUT2D eigenvalue weighted by atomic mass is 14.9. The topological polar surface area (TPSA) is 35.8 Å². The largest absolute Gasteiger partial charge is 0.385 e. The number of nitrogens with zero attached hydrogens (tertiary/aromatic N) is 1. The van der Waals surface area contributed by atoms with Gasteiger partial charge in [-0.1, -0.05) is 39.8 Å². The zero-order valence-electron chi connectivity index (χ0n) is 12.0. The van der Waals surface area contributed by atoms with E-state index in [2.05, 4.69) is 63.3 Å². The van der Waals surface area contributed by atoms with Crippen LogP contribution in [0.25, 0.3) is 0 Å². The van der Waals surface area contributed by atoms with Crippen LogP contribution in [0.5, 0.6) is 0 Å². The Labute approximate surface area is 111 Å². The van der Waals surface area contributed by atoms with Crippen molar-refractivity contribution in [2.45, 2.75) is 46.5 Å². The van der Waals surface area contributed by atoms with Crippen molar-refractivity contribution in [1.82, 2.24) is 0 Å². The number of hydrogen-bond donors (Lipinski definition) is 1. The van der Waals surface area contributed by atoms with Crippen LogP contribution in [0.3, 0.4) is 0 Å². The van der Waals surface area contributed by atoms with E-state index in [-0.39, 0.29) is 5.41 Å². The molecule has 0 atom stereocenters. The Balaban J connectivity index is 2.51. The maximum Gasteiger partial charge on any atom is 0.0621 e. The van der Waals surface area contributed by atoms with E-state index in [1.165, 1.54) is 5.56 Å². The van der Waals surface area contributed by atoms with E-state index in [1.807, 2.05) is 0 Å². The lowest BCUT2D eigenvalue weighted by Crippen LogP contribution is -2.22. The van der Waals surface area contributed by atoms with Gasteiger partial charge in [-0.05, 0) is 35.4 Å². The predicted molar refractivity (Wildman–Crippen MR) is 77.6 cm³/mol. The lowest BCUT2D eigenvalue weighted by molar-refractivity contribution is 0.364. The molecular weight excluding hydrogens is 220 g/mol. The maximum absolute atomic E-state index is 8.63. The predicted octanol–water partition coefficient (Wildman–Crippen LogP) is 4.55. The Morgan fingerprint density at radius 3 is 2.33 bits per heavy atom. The molecule has 18 heavy (non-hydrogen) atoms. The normalized spacial score (nSPS) is 11.3. The Bertz CT molecular complexity index is 396. The molecule has 0 aliphatic heterocycles. The number of benzene rings is 1. The molecule has 1 N–H and O–H groups in total. The first-order chi connectivity index (χ1) is 8.44. The second-order valence-electron chi connectivity index (χ2n) is 5.95. The molecule has 0 fully saturated rings. The number of rotatable bonds is 6. The summed E-state index contributed by atoms with van der Waals surface area (Å²) in [6.45, 7) is 9.69. The minimum Gasteiger partial charge on any atom is -0.385 e. The Kier molecular flexibility index (Phi) is 5.22. The van der Waals surface area contributed by atoms with Gasteiger partial charge in [0.25, 0.3) is 0 Å². The number of nitriles is 1. The summed E-state index contributed by atoms with van der Waals surface area (Å²) < 4.78 is 0. The third kappa shape index (κ3) is 4.79. The molecule has 0 saturated carbocycles. The molecule has 98 valence electrons. The van der Waals surface area contributed by atoms with Crippen molar-refractivity contribution in [3.63, 3.8) is 0 Å². The first-order valence-electron chi connectivity index (χ1n) is 6.65. The van der Waals surface area contributed by atoms with Gasteiger partial charge >= 0.3 is 0 Å². The van der Waals surface area contributed by atoms with Gasteiger partial charge < -0.3 is 5.32 Å². The van der Waals surface area contributed by atoms with E-state index in [0.29, 0.717) is 12.3 Å². The summed E-state index contributed by atoms with van der Waals surface area (Å²) >= 11 is 0. The second kappa shape index (κ2) is 6.44. The molecule has 0 bridgehead atoms. The van der Waals surface area contributed by atoms with Crippen LogP contribution in [0.2, 0.25) is 0 Å². The van der Waals surface area contributed by atoms with Crippen molar-refractivity contribution in [3.8, 4) is 6.07 Å². The van der Waals surface area contributed by atoms with E-state index in [1.54, 1.807) is 0 Å². The smallest absolute Gasteiger partial charge is 0.0621 e. The average Bonchev–Trinajstić information content (AvgIpc) is 2.35. The minimum absolute atomic E-state index is 0.159. The number of hydrogen-bond acceptors (Lipinski definition) is 2. The molecule has 2 nitrogen and oxygen atoms in total. The molecule has 1 rings (SSSR count). The zero-order valence-corrected chi connectivity index (χ0v) is 12.0. The van der Waals surface area contributed by atoms with Gasteiger partial charge in [0, 0.05) is 18.7 Å². The Morgan fingerprint density at radius 2 is 1.83 bits per heavy atom. The lowest BCUT2D eigenvalue weighted by Gasteiger charge is -2.24. The van der Waals surface area contributed by atoms with Crippen molar-refractivity contribution in [2.24, 2.45) is 5.41 Å². The molecule has 0 unspecified atom stereocenters. The maximum atomic E-state index is 8.63. The van der Waals surface area contributed by atoms with Crippen LogP contribution in [0.1, 0.15) is 52.0 Å². The van der Waals surface area contributed by atoms with E-state index in [4.69, 9.17) is 5.26 Å². The first kappa shape index (κ1) is 14.6. The summed E-state index contributed by atoms with van der Waals surface area (Å²) in [5.74, 6) is 0.575. The van der Waals surface area contributed by atoms with Crippen molar-refractivity contribution in [1.29, 1.82) is 5.26 Å². The fourth-order valence-electron chi connectivity index (χ4n) is 1.81. The molecule has 1 aromatic carbocycles. The van der Waals surface area contributed by atoms with Gasteiger partial charge in [0.2, 0.25) is 0 Å². The van der Waals surface area contributed by atoms with Crippen LogP contribution >= 0.6 is 0 Å². The quantitative estimate of drug-likeness (QED) is 0.796. The van der Waals surface area contributed by atoms with E-state index in [0.717, 1.165) is 18.7 Å². The fraction of sp³-hybridized carbons (Fsp3) is 0.562. The zero-order chi connectivity index (χ0) is 13.6. The Hall–Kier alpha value is -1.49. The average molecular weight is 244 g/mol. The van der Waals surface area contributed by atoms with Crippen molar-refractivity contribution in [3.05, 3.63) is 29.8 Å². The molecule has 0 aliphatic carbocycles. The monoisotopic (exact) mass is 244 g/mol. The van der Waals surface area contributed by atoms with Crippen LogP contribution in [-0.4, -0.2) is 6.54 Å². The molecule has 0 saturated heterocycles. The summed E-state index contributed by atoms with van der Waals surface area (Å²) in [4.78, 5) is 0. The molecule has 0 amide bonds. The highest BCUT2D eigenvalue weighted by Gasteiger charge is 2.16. The molecule has 0 heterocycles. The first-order valence-corrected chi connectivity index (χ1v) is 6.65. The Morgan fingerprint density at radius 1 is 1.22 bits per heavy atom. The van der Waals surface area contributed by atoms with Crippen LogP contribution in [0, 0.1) is 16.7 Å². The van der Waals surface area contributed by atoms with Gasteiger partial charge in [-0.2, -0.15) is 5.26 Å². The minimum atomic E-state index is 0.159. The second-order valence-corrected chi connectivity index (χ2v) is 5.95. The van der Waals surface area contributed by atoms with Crippen molar-refractivity contribution < 1.29 is 0 Å². The molecule has 0 aliphatic rings. The van der Waals surface area contributed by atoms with Gasteiger partial charge in [0.05, 0.1) is 6.07 Å².